The van der Waals surface area contributed by atoms with Gasteiger partial charge in [-0.3, -0.25) is 4.90 Å². The summed E-state index contributed by atoms with van der Waals surface area (Å²) >= 11 is 0. The minimum absolute atomic E-state index is 0.0116. The number of hydrogen-bond donors (Lipinski definition) is 2. The highest BCUT2D eigenvalue weighted by atomic mass is 28.3. The van der Waals surface area contributed by atoms with Gasteiger partial charge in [-0.2, -0.15) is 0 Å². The summed E-state index contributed by atoms with van der Waals surface area (Å²) < 4.78 is 0. The Morgan fingerprint density at radius 2 is 1.20 bits per heavy atom. The Morgan fingerprint density at radius 1 is 0.743 bits per heavy atom. The first kappa shape index (κ1) is 27.3. The monoisotopic (exact) mass is 489 g/mol. The average Bonchev–Trinajstić information content (AvgIpc) is 2.86. The Morgan fingerprint density at radius 3 is 1.63 bits per heavy atom. The van der Waals surface area contributed by atoms with E-state index in [1.165, 1.54) is 16.3 Å². The van der Waals surface area contributed by atoms with Gasteiger partial charge >= 0.3 is 0 Å². The molecule has 3 nitrogen and oxygen atoms in total. The van der Waals surface area contributed by atoms with Crippen LogP contribution in [-0.4, -0.2) is 41.9 Å². The second-order valence-corrected chi connectivity index (χ2v) is 15.5. The fourth-order valence-corrected chi connectivity index (χ4v) is 8.77. The van der Waals surface area contributed by atoms with Gasteiger partial charge in [0.15, 0.2) is 0 Å². The molecule has 0 unspecified atom stereocenters. The number of nitrogens with zero attached hydrogens (tertiary/aromatic N) is 1. The van der Waals surface area contributed by atoms with Gasteiger partial charge in [-0.25, -0.2) is 0 Å². The number of aliphatic hydroxyl groups is 2. The molecule has 0 spiro atoms. The number of hydrogen-bond acceptors (Lipinski definition) is 3. The Kier molecular flexibility index (Phi) is 10.3. The molecule has 3 aromatic carbocycles. The van der Waals surface area contributed by atoms with Crippen LogP contribution in [0.15, 0.2) is 91.0 Å². The van der Waals surface area contributed by atoms with Crippen molar-refractivity contribution in [3.8, 4) is 0 Å². The molecule has 2 N–H and O–H groups in total. The molecule has 0 aliphatic carbocycles. The molecule has 0 bridgehead atoms. The quantitative estimate of drug-likeness (QED) is 0.297. The molecule has 0 aliphatic rings. The Hall–Kier alpha value is -2.24. The van der Waals surface area contributed by atoms with Crippen LogP contribution in [0.1, 0.15) is 37.8 Å². The van der Waals surface area contributed by atoms with E-state index in [-0.39, 0.29) is 18.2 Å². The zero-order valence-electron chi connectivity index (χ0n) is 21.8. The van der Waals surface area contributed by atoms with E-state index >= 15 is 0 Å². The van der Waals surface area contributed by atoms with Crippen LogP contribution in [0.4, 0.5) is 0 Å². The maximum absolute atomic E-state index is 12.2. The summed E-state index contributed by atoms with van der Waals surface area (Å²) in [6.07, 6.45) is 0.995. The van der Waals surface area contributed by atoms with Crippen molar-refractivity contribution >= 4 is 13.3 Å². The summed E-state index contributed by atoms with van der Waals surface area (Å²) in [5.74, 6) is 0.444. The van der Waals surface area contributed by atoms with E-state index in [2.05, 4.69) is 123 Å². The van der Waals surface area contributed by atoms with Crippen molar-refractivity contribution < 1.29 is 10.2 Å². The topological polar surface area (TPSA) is 43.7 Å². The Balaban J connectivity index is 2.00. The van der Waals surface area contributed by atoms with Crippen molar-refractivity contribution in [1.29, 1.82) is 0 Å². The maximum atomic E-state index is 12.2. The van der Waals surface area contributed by atoms with Crippen LogP contribution < -0.4 is 5.19 Å². The largest absolute Gasteiger partial charge is 0.396 e. The van der Waals surface area contributed by atoms with Gasteiger partial charge in [-0.15, -0.1) is 0 Å². The Labute approximate surface area is 213 Å². The molecule has 3 atom stereocenters. The summed E-state index contributed by atoms with van der Waals surface area (Å²) in [6.45, 7) is 10.8. The number of aliphatic hydroxyl groups excluding tert-OH is 2. The molecule has 0 aliphatic heterocycles. The first-order chi connectivity index (χ1) is 16.8. The minimum Gasteiger partial charge on any atom is -0.396 e. The summed E-state index contributed by atoms with van der Waals surface area (Å²) in [5, 5.41) is 23.6. The molecule has 3 aromatic rings. The summed E-state index contributed by atoms with van der Waals surface area (Å²) in [7, 11) is -2.07. The average molecular weight is 490 g/mol. The molecule has 0 saturated heterocycles. The van der Waals surface area contributed by atoms with Crippen molar-refractivity contribution in [2.45, 2.75) is 70.6 Å². The van der Waals surface area contributed by atoms with E-state index in [1.807, 2.05) is 0 Å². The first-order valence-corrected chi connectivity index (χ1v) is 16.1. The molecule has 0 fully saturated rings. The summed E-state index contributed by atoms with van der Waals surface area (Å²) in [6, 6.07) is 31.8. The molecule has 0 radical (unpaired) electrons. The zero-order valence-corrected chi connectivity index (χ0v) is 22.8. The number of rotatable bonds is 13. The lowest BCUT2D eigenvalue weighted by Crippen LogP contribution is -2.55. The predicted octanol–water partition coefficient (Wildman–Crippen LogP) is 5.83. The van der Waals surface area contributed by atoms with Crippen LogP contribution in [0.3, 0.4) is 0 Å². The van der Waals surface area contributed by atoms with E-state index in [0.717, 1.165) is 19.5 Å². The molecular formula is C31H43NO2Si. The smallest absolute Gasteiger partial charge is 0.0863 e. The van der Waals surface area contributed by atoms with Crippen LogP contribution >= 0.6 is 0 Å². The molecule has 0 aromatic heterocycles. The third-order valence-corrected chi connectivity index (χ3v) is 11.6. The van der Waals surface area contributed by atoms with Crippen molar-refractivity contribution in [2.75, 3.05) is 6.61 Å². The molecular weight excluding hydrogens is 446 g/mol. The molecule has 4 heteroatoms. The van der Waals surface area contributed by atoms with Gasteiger partial charge in [0, 0.05) is 25.7 Å². The van der Waals surface area contributed by atoms with Crippen molar-refractivity contribution in [2.24, 2.45) is 5.92 Å². The highest BCUT2D eigenvalue weighted by Gasteiger charge is 2.42. The maximum Gasteiger partial charge on any atom is 0.0863 e. The van der Waals surface area contributed by atoms with Gasteiger partial charge < -0.3 is 10.2 Å². The molecule has 0 heterocycles. The third kappa shape index (κ3) is 7.62. The van der Waals surface area contributed by atoms with Crippen molar-refractivity contribution in [3.63, 3.8) is 0 Å². The van der Waals surface area contributed by atoms with Gasteiger partial charge in [0.2, 0.25) is 0 Å². The van der Waals surface area contributed by atoms with Crippen LogP contribution in [0.2, 0.25) is 18.6 Å². The van der Waals surface area contributed by atoms with E-state index in [1.54, 1.807) is 0 Å². The van der Waals surface area contributed by atoms with E-state index in [4.69, 9.17) is 0 Å². The van der Waals surface area contributed by atoms with Gasteiger partial charge in [-0.05, 0) is 35.4 Å². The first-order valence-electron chi connectivity index (χ1n) is 13.0. The zero-order chi connectivity index (χ0) is 25.3. The van der Waals surface area contributed by atoms with Crippen molar-refractivity contribution in [1.82, 2.24) is 4.90 Å². The van der Waals surface area contributed by atoms with E-state index in [0.29, 0.717) is 12.3 Å². The lowest BCUT2D eigenvalue weighted by Gasteiger charge is -2.44. The highest BCUT2D eigenvalue weighted by Crippen LogP contribution is 2.35. The van der Waals surface area contributed by atoms with Gasteiger partial charge in [0.25, 0.3) is 0 Å². The van der Waals surface area contributed by atoms with Crippen molar-refractivity contribution in [3.05, 3.63) is 102 Å². The van der Waals surface area contributed by atoms with Crippen LogP contribution in [0.25, 0.3) is 0 Å². The van der Waals surface area contributed by atoms with Crippen LogP contribution in [0.5, 0.6) is 0 Å². The van der Waals surface area contributed by atoms with Crippen LogP contribution in [-0.2, 0) is 13.1 Å². The van der Waals surface area contributed by atoms with E-state index < -0.39 is 14.2 Å². The standard InChI is InChI=1S/C31H43NO2Si/c1-25(2)22-29(31(34)30(20-21-33)35(3,4)28-18-12-7-13-19-28)32(23-26-14-8-5-9-15-26)24-27-16-10-6-11-17-27/h5-19,25,29-31,33-34H,20-24H2,1-4H3/t29-,30-,31+/m0/s1. The van der Waals surface area contributed by atoms with Crippen LogP contribution in [0, 0.1) is 5.92 Å². The summed E-state index contributed by atoms with van der Waals surface area (Å²) in [5.41, 5.74) is 2.55. The molecule has 3 rings (SSSR count). The van der Waals surface area contributed by atoms with Gasteiger partial charge in [0.1, 0.15) is 0 Å². The normalized spacial score (nSPS) is 14.7. The summed E-state index contributed by atoms with van der Waals surface area (Å²) in [4.78, 5) is 2.47. The Bertz CT molecular complexity index is 937. The lowest BCUT2D eigenvalue weighted by atomic mass is 9.93. The molecule has 188 valence electrons. The SMILES string of the molecule is CC(C)C[C@@H]([C@@H](O)[C@H](CCO)[Si](C)(C)c1ccccc1)N(Cc1ccccc1)Cc1ccccc1. The third-order valence-electron chi connectivity index (χ3n) is 7.33. The predicted molar refractivity (Wildman–Crippen MR) is 150 cm³/mol. The fraction of sp³-hybridized carbons (Fsp3) is 0.419. The number of benzene rings is 3. The lowest BCUT2D eigenvalue weighted by molar-refractivity contribution is 0.0186. The van der Waals surface area contributed by atoms with Gasteiger partial charge in [-0.1, -0.05) is 123 Å². The van der Waals surface area contributed by atoms with Gasteiger partial charge in [0.05, 0.1) is 14.2 Å². The fourth-order valence-electron chi connectivity index (χ4n) is 5.36. The highest BCUT2D eigenvalue weighted by molar-refractivity contribution is 6.91. The second kappa shape index (κ2) is 13.2. The second-order valence-electron chi connectivity index (χ2n) is 10.8. The molecule has 0 amide bonds. The minimum atomic E-state index is -2.07. The molecule has 35 heavy (non-hydrogen) atoms. The van der Waals surface area contributed by atoms with E-state index in [9.17, 15) is 10.2 Å². The molecule has 0 saturated carbocycles.